The van der Waals surface area contributed by atoms with Gasteiger partial charge in [0.1, 0.15) is 5.75 Å². The standard InChI is InChI=1S/C11H16BrNO2/c1-6(2)7-3-8(10(13)5-14)11(15)9(12)4-7/h3-4,6,10,14-15H,5,13H2,1-2H3/t10-/m1/s1. The minimum absolute atomic E-state index is 0.112. The Bertz CT molecular complexity index is 353. The van der Waals surface area contributed by atoms with Crippen LogP contribution in [0.1, 0.15) is 36.9 Å². The van der Waals surface area contributed by atoms with Crippen LogP contribution in [0.2, 0.25) is 0 Å². The van der Waals surface area contributed by atoms with E-state index in [0.717, 1.165) is 5.56 Å². The number of nitrogens with two attached hydrogens (primary N) is 1. The summed E-state index contributed by atoms with van der Waals surface area (Å²) in [6.45, 7) is 3.95. The number of phenols is 1. The zero-order chi connectivity index (χ0) is 11.6. The summed E-state index contributed by atoms with van der Waals surface area (Å²) < 4.78 is 0.618. The molecule has 4 N–H and O–H groups in total. The Labute approximate surface area is 98.1 Å². The van der Waals surface area contributed by atoms with Crippen molar-refractivity contribution in [2.24, 2.45) is 5.73 Å². The molecule has 15 heavy (non-hydrogen) atoms. The molecule has 1 aromatic carbocycles. The zero-order valence-corrected chi connectivity index (χ0v) is 10.5. The van der Waals surface area contributed by atoms with Crippen LogP contribution >= 0.6 is 15.9 Å². The number of halogens is 1. The molecule has 1 rings (SSSR count). The Kier molecular flexibility index (Phi) is 4.13. The van der Waals surface area contributed by atoms with E-state index in [2.05, 4.69) is 29.8 Å². The number of phenolic OH excluding ortho intramolecular Hbond substituents is 1. The molecule has 0 aromatic heterocycles. The molecule has 0 aliphatic carbocycles. The largest absolute Gasteiger partial charge is 0.506 e. The fourth-order valence-corrected chi connectivity index (χ4v) is 1.85. The van der Waals surface area contributed by atoms with E-state index < -0.39 is 6.04 Å². The van der Waals surface area contributed by atoms with E-state index in [-0.39, 0.29) is 12.4 Å². The van der Waals surface area contributed by atoms with Crippen molar-refractivity contribution in [1.29, 1.82) is 0 Å². The van der Waals surface area contributed by atoms with Gasteiger partial charge in [0.2, 0.25) is 0 Å². The van der Waals surface area contributed by atoms with Crippen LogP contribution in [0.3, 0.4) is 0 Å². The predicted octanol–water partition coefficient (Wildman–Crippen LogP) is 2.27. The predicted molar refractivity (Wildman–Crippen MR) is 63.9 cm³/mol. The summed E-state index contributed by atoms with van der Waals surface area (Å²) >= 11 is 3.28. The van der Waals surface area contributed by atoms with Gasteiger partial charge in [0.25, 0.3) is 0 Å². The van der Waals surface area contributed by atoms with Gasteiger partial charge in [-0.15, -0.1) is 0 Å². The molecular formula is C11H16BrNO2. The molecule has 0 saturated heterocycles. The summed E-state index contributed by atoms with van der Waals surface area (Å²) in [6.07, 6.45) is 0. The molecule has 0 unspecified atom stereocenters. The van der Waals surface area contributed by atoms with Gasteiger partial charge in [0.05, 0.1) is 17.1 Å². The van der Waals surface area contributed by atoms with Crippen LogP contribution in [-0.2, 0) is 0 Å². The average molecular weight is 274 g/mol. The maximum absolute atomic E-state index is 9.77. The van der Waals surface area contributed by atoms with Gasteiger partial charge in [-0.2, -0.15) is 0 Å². The average Bonchev–Trinajstić information content (AvgIpc) is 2.20. The van der Waals surface area contributed by atoms with Gasteiger partial charge in [0.15, 0.2) is 0 Å². The van der Waals surface area contributed by atoms with Crippen molar-refractivity contribution < 1.29 is 10.2 Å². The second-order valence-corrected chi connectivity index (χ2v) is 4.74. The van der Waals surface area contributed by atoms with Crippen LogP contribution < -0.4 is 5.73 Å². The van der Waals surface area contributed by atoms with Crippen molar-refractivity contribution >= 4 is 15.9 Å². The highest BCUT2D eigenvalue weighted by atomic mass is 79.9. The second-order valence-electron chi connectivity index (χ2n) is 3.88. The van der Waals surface area contributed by atoms with E-state index in [1.807, 2.05) is 12.1 Å². The highest BCUT2D eigenvalue weighted by Crippen LogP contribution is 2.34. The minimum Gasteiger partial charge on any atom is -0.506 e. The number of rotatable bonds is 3. The molecule has 0 heterocycles. The molecule has 1 atom stereocenters. The first-order valence-corrected chi connectivity index (χ1v) is 5.65. The topological polar surface area (TPSA) is 66.5 Å². The number of benzene rings is 1. The summed E-state index contributed by atoms with van der Waals surface area (Å²) in [5.74, 6) is 0.465. The van der Waals surface area contributed by atoms with Crippen molar-refractivity contribution in [1.82, 2.24) is 0 Å². The van der Waals surface area contributed by atoms with Crippen LogP contribution in [-0.4, -0.2) is 16.8 Å². The normalized spacial score (nSPS) is 13.2. The molecule has 0 spiro atoms. The highest BCUT2D eigenvalue weighted by Gasteiger charge is 2.15. The van der Waals surface area contributed by atoms with Crippen LogP contribution in [0.15, 0.2) is 16.6 Å². The van der Waals surface area contributed by atoms with E-state index in [9.17, 15) is 5.11 Å². The van der Waals surface area contributed by atoms with Crippen molar-refractivity contribution in [3.05, 3.63) is 27.7 Å². The van der Waals surface area contributed by atoms with Gasteiger partial charge in [-0.3, -0.25) is 0 Å². The lowest BCUT2D eigenvalue weighted by Gasteiger charge is -2.15. The van der Waals surface area contributed by atoms with Gasteiger partial charge >= 0.3 is 0 Å². The highest BCUT2D eigenvalue weighted by molar-refractivity contribution is 9.10. The summed E-state index contributed by atoms with van der Waals surface area (Å²) in [5.41, 5.74) is 7.36. The van der Waals surface area contributed by atoms with E-state index in [0.29, 0.717) is 16.0 Å². The van der Waals surface area contributed by atoms with Gasteiger partial charge in [-0.05, 0) is 33.5 Å². The number of hydrogen-bond acceptors (Lipinski definition) is 3. The Morgan fingerprint density at radius 3 is 2.47 bits per heavy atom. The quantitative estimate of drug-likeness (QED) is 0.792. The molecule has 0 amide bonds. The smallest absolute Gasteiger partial charge is 0.134 e. The SMILES string of the molecule is CC(C)c1cc(Br)c(O)c([C@H](N)CO)c1. The summed E-state index contributed by atoms with van der Waals surface area (Å²) in [6, 6.07) is 3.17. The van der Waals surface area contributed by atoms with Gasteiger partial charge < -0.3 is 15.9 Å². The first kappa shape index (κ1) is 12.5. The third kappa shape index (κ3) is 2.71. The van der Waals surface area contributed by atoms with Crippen molar-refractivity contribution in [2.45, 2.75) is 25.8 Å². The molecule has 4 heteroatoms. The molecule has 0 bridgehead atoms. The van der Waals surface area contributed by atoms with Crippen LogP contribution in [0.25, 0.3) is 0 Å². The van der Waals surface area contributed by atoms with Crippen molar-refractivity contribution in [3.63, 3.8) is 0 Å². The third-order valence-electron chi connectivity index (χ3n) is 2.38. The lowest BCUT2D eigenvalue weighted by atomic mass is 9.97. The number of hydrogen-bond donors (Lipinski definition) is 3. The first-order chi connectivity index (χ1) is 6.97. The van der Waals surface area contributed by atoms with E-state index >= 15 is 0 Å². The number of aromatic hydroxyl groups is 1. The van der Waals surface area contributed by atoms with E-state index in [1.165, 1.54) is 0 Å². The molecule has 0 aliphatic rings. The van der Waals surface area contributed by atoms with Crippen molar-refractivity contribution in [3.8, 4) is 5.75 Å². The van der Waals surface area contributed by atoms with Crippen LogP contribution in [0.4, 0.5) is 0 Å². The van der Waals surface area contributed by atoms with E-state index in [1.54, 1.807) is 0 Å². The Morgan fingerprint density at radius 1 is 1.40 bits per heavy atom. The fourth-order valence-electron chi connectivity index (χ4n) is 1.36. The Balaban J connectivity index is 3.25. The second kappa shape index (κ2) is 4.96. The number of aliphatic hydroxyl groups excluding tert-OH is 1. The zero-order valence-electron chi connectivity index (χ0n) is 8.87. The van der Waals surface area contributed by atoms with E-state index in [4.69, 9.17) is 10.8 Å². The van der Waals surface area contributed by atoms with Gasteiger partial charge in [0, 0.05) is 5.56 Å². The van der Waals surface area contributed by atoms with Crippen LogP contribution in [0, 0.1) is 0 Å². The Morgan fingerprint density at radius 2 is 2.00 bits per heavy atom. The van der Waals surface area contributed by atoms with Gasteiger partial charge in [-0.25, -0.2) is 0 Å². The summed E-state index contributed by atoms with van der Waals surface area (Å²) in [5, 5.41) is 18.7. The maximum Gasteiger partial charge on any atom is 0.134 e. The molecule has 84 valence electrons. The molecule has 3 nitrogen and oxygen atoms in total. The monoisotopic (exact) mass is 273 g/mol. The first-order valence-electron chi connectivity index (χ1n) is 4.86. The molecular weight excluding hydrogens is 258 g/mol. The third-order valence-corrected chi connectivity index (χ3v) is 2.98. The fraction of sp³-hybridized carbons (Fsp3) is 0.455. The van der Waals surface area contributed by atoms with Gasteiger partial charge in [-0.1, -0.05) is 19.9 Å². The van der Waals surface area contributed by atoms with Crippen LogP contribution in [0.5, 0.6) is 5.75 Å². The summed E-state index contributed by atoms with van der Waals surface area (Å²) in [4.78, 5) is 0. The van der Waals surface area contributed by atoms with Crippen molar-refractivity contribution in [2.75, 3.05) is 6.61 Å². The number of aliphatic hydroxyl groups is 1. The molecule has 0 saturated carbocycles. The maximum atomic E-state index is 9.77. The molecule has 0 aliphatic heterocycles. The Hall–Kier alpha value is -0.580. The summed E-state index contributed by atoms with van der Waals surface area (Å²) in [7, 11) is 0. The minimum atomic E-state index is -0.542. The molecule has 0 radical (unpaired) electrons. The molecule has 0 fully saturated rings. The lowest BCUT2D eigenvalue weighted by molar-refractivity contribution is 0.265. The molecule has 1 aromatic rings. The lowest BCUT2D eigenvalue weighted by Crippen LogP contribution is -2.15.